The van der Waals surface area contributed by atoms with Gasteiger partial charge in [0.25, 0.3) is 5.91 Å². The lowest BCUT2D eigenvalue weighted by Gasteiger charge is -2.19. The summed E-state index contributed by atoms with van der Waals surface area (Å²) in [5, 5.41) is 0.975. The fraction of sp³-hybridized carbons (Fsp3) is 0.263. The van der Waals surface area contributed by atoms with Crippen LogP contribution in [0.25, 0.3) is 10.2 Å². The Bertz CT molecular complexity index is 829. The van der Waals surface area contributed by atoms with Gasteiger partial charge in [0.05, 0.1) is 23.8 Å². The number of carbonyl (C=O) groups excluding carboxylic acids is 1. The van der Waals surface area contributed by atoms with Gasteiger partial charge in [0, 0.05) is 17.1 Å². The third kappa shape index (κ3) is 4.87. The molecule has 1 amide bonds. The van der Waals surface area contributed by atoms with Gasteiger partial charge in [0.15, 0.2) is 6.54 Å². The predicted octanol–water partition coefficient (Wildman–Crippen LogP) is 2.73. The summed E-state index contributed by atoms with van der Waals surface area (Å²) in [6.45, 7) is 1.86. The summed E-state index contributed by atoms with van der Waals surface area (Å²) in [6.07, 6.45) is 0. The van der Waals surface area contributed by atoms with Crippen LogP contribution < -0.4 is 4.90 Å². The number of nitrogens with one attached hydrogen (secondary N) is 1. The first-order valence-corrected chi connectivity index (χ1v) is 9.76. The normalized spacial score (nSPS) is 12.3. The first kappa shape index (κ1) is 18.0. The number of carbonyl (C=O) groups is 1. The molecule has 3 aromatic rings. The fourth-order valence-electron chi connectivity index (χ4n) is 2.68. The van der Waals surface area contributed by atoms with Crippen molar-refractivity contribution in [2.24, 2.45) is 0 Å². The Morgan fingerprint density at radius 1 is 1.20 bits per heavy atom. The van der Waals surface area contributed by atoms with Gasteiger partial charge >= 0.3 is 0 Å². The van der Waals surface area contributed by atoms with E-state index in [0.29, 0.717) is 13.1 Å². The van der Waals surface area contributed by atoms with Crippen molar-refractivity contribution < 1.29 is 9.69 Å². The lowest BCUT2D eigenvalue weighted by Crippen LogP contribution is -3.08. The number of nitrogens with zero attached hydrogens (tertiary/aromatic N) is 2. The molecule has 0 spiro atoms. The minimum absolute atomic E-state index is 0.133. The minimum atomic E-state index is 0.133. The number of aromatic nitrogens is 1. The fourth-order valence-corrected chi connectivity index (χ4v) is 3.97. The van der Waals surface area contributed by atoms with Crippen molar-refractivity contribution in [3.63, 3.8) is 0 Å². The summed E-state index contributed by atoms with van der Waals surface area (Å²) in [6, 6.07) is 16.3. The Kier molecular flexibility index (Phi) is 5.83. The lowest BCUT2D eigenvalue weighted by molar-refractivity contribution is -0.885. The molecular weight excluding hydrogens is 398 g/mol. The molecule has 0 fully saturated rings. The van der Waals surface area contributed by atoms with Crippen LogP contribution in [0.3, 0.4) is 0 Å². The first-order chi connectivity index (χ1) is 12.0. The molecule has 0 saturated carbocycles. The van der Waals surface area contributed by atoms with E-state index in [9.17, 15) is 4.79 Å². The van der Waals surface area contributed by atoms with E-state index >= 15 is 0 Å². The van der Waals surface area contributed by atoms with Crippen LogP contribution in [0.1, 0.15) is 10.6 Å². The number of para-hydroxylation sites is 1. The zero-order chi connectivity index (χ0) is 17.8. The molecule has 4 nitrogen and oxygen atoms in total. The second kappa shape index (κ2) is 8.08. The van der Waals surface area contributed by atoms with Gasteiger partial charge in [-0.1, -0.05) is 40.2 Å². The maximum atomic E-state index is 12.5. The Morgan fingerprint density at radius 3 is 2.64 bits per heavy atom. The number of thiazole rings is 1. The maximum Gasteiger partial charge on any atom is 0.277 e. The van der Waals surface area contributed by atoms with E-state index < -0.39 is 0 Å². The van der Waals surface area contributed by atoms with Crippen molar-refractivity contribution in [1.82, 2.24) is 9.88 Å². The molecule has 1 N–H and O–H groups in total. The van der Waals surface area contributed by atoms with Crippen LogP contribution in [0.15, 0.2) is 53.0 Å². The molecule has 130 valence electrons. The third-order valence-corrected chi connectivity index (χ3v) is 5.56. The van der Waals surface area contributed by atoms with Crippen molar-refractivity contribution in [2.45, 2.75) is 13.1 Å². The molecule has 1 unspecified atom stereocenters. The number of hydrogen-bond acceptors (Lipinski definition) is 3. The summed E-state index contributed by atoms with van der Waals surface area (Å²) in [5.41, 5.74) is 2.23. The number of halogens is 1. The number of benzene rings is 2. The Balaban J connectivity index is 1.55. The van der Waals surface area contributed by atoms with Gasteiger partial charge < -0.3 is 9.80 Å². The zero-order valence-electron chi connectivity index (χ0n) is 14.3. The van der Waals surface area contributed by atoms with Gasteiger partial charge in [0.2, 0.25) is 0 Å². The van der Waals surface area contributed by atoms with E-state index in [4.69, 9.17) is 0 Å². The second-order valence-electron chi connectivity index (χ2n) is 6.26. The van der Waals surface area contributed by atoms with Gasteiger partial charge in [0.1, 0.15) is 11.6 Å². The van der Waals surface area contributed by atoms with Gasteiger partial charge in [-0.05, 0) is 24.3 Å². The number of likely N-dealkylation sites (N-methyl/N-ethyl adjacent to an activating group) is 2. The van der Waals surface area contributed by atoms with Gasteiger partial charge in [-0.25, -0.2) is 4.98 Å². The average molecular weight is 419 g/mol. The average Bonchev–Trinajstić information content (AvgIpc) is 2.99. The van der Waals surface area contributed by atoms with Crippen LogP contribution in [0, 0.1) is 0 Å². The largest absolute Gasteiger partial charge is 0.334 e. The molecule has 6 heteroatoms. The summed E-state index contributed by atoms with van der Waals surface area (Å²) in [7, 11) is 3.90. The molecule has 1 heterocycles. The molecule has 0 aliphatic rings. The second-order valence-corrected chi connectivity index (χ2v) is 8.29. The van der Waals surface area contributed by atoms with E-state index in [-0.39, 0.29) is 5.91 Å². The summed E-state index contributed by atoms with van der Waals surface area (Å²) >= 11 is 5.09. The highest BCUT2D eigenvalue weighted by Crippen LogP contribution is 2.22. The Morgan fingerprint density at radius 2 is 1.92 bits per heavy atom. The van der Waals surface area contributed by atoms with Crippen LogP contribution in [-0.4, -0.2) is 36.4 Å². The van der Waals surface area contributed by atoms with Crippen LogP contribution in [0.4, 0.5) is 0 Å². The van der Waals surface area contributed by atoms with Gasteiger partial charge in [-0.2, -0.15) is 0 Å². The number of amides is 1. The molecule has 3 rings (SSSR count). The van der Waals surface area contributed by atoms with Crippen molar-refractivity contribution in [3.8, 4) is 0 Å². The predicted molar refractivity (Wildman–Crippen MR) is 106 cm³/mol. The van der Waals surface area contributed by atoms with Crippen LogP contribution in [0.5, 0.6) is 0 Å². The molecule has 0 saturated heterocycles. The summed E-state index contributed by atoms with van der Waals surface area (Å²) in [5.74, 6) is 0.133. The highest BCUT2D eigenvalue weighted by atomic mass is 79.9. The monoisotopic (exact) mass is 418 g/mol. The number of quaternary nitrogens is 1. The zero-order valence-corrected chi connectivity index (χ0v) is 16.7. The number of hydrogen-bond donors (Lipinski definition) is 1. The van der Waals surface area contributed by atoms with E-state index in [2.05, 4.69) is 39.1 Å². The van der Waals surface area contributed by atoms with Crippen LogP contribution in [0.2, 0.25) is 0 Å². The number of rotatable bonds is 6. The van der Waals surface area contributed by atoms with Crippen molar-refractivity contribution in [3.05, 3.63) is 63.6 Å². The molecule has 0 bridgehead atoms. The summed E-state index contributed by atoms with van der Waals surface area (Å²) in [4.78, 5) is 20.0. The van der Waals surface area contributed by atoms with Gasteiger partial charge in [-0.3, -0.25) is 4.79 Å². The molecule has 1 aromatic heterocycles. The molecule has 0 radical (unpaired) electrons. The molecule has 2 aromatic carbocycles. The topological polar surface area (TPSA) is 37.6 Å². The lowest BCUT2D eigenvalue weighted by atomic mass is 10.2. The third-order valence-electron chi connectivity index (χ3n) is 4.01. The SMILES string of the molecule is CN(Cc1nc2ccccc2s1)C(=O)C[NH+](C)Cc1ccc(Br)cc1. The quantitative estimate of drug-likeness (QED) is 0.667. The van der Waals surface area contributed by atoms with Gasteiger partial charge in [-0.15, -0.1) is 11.3 Å². The van der Waals surface area contributed by atoms with Crippen LogP contribution >= 0.6 is 27.3 Å². The minimum Gasteiger partial charge on any atom is -0.334 e. The van der Waals surface area contributed by atoms with Crippen molar-refractivity contribution in [1.29, 1.82) is 0 Å². The molecule has 0 aliphatic heterocycles. The highest BCUT2D eigenvalue weighted by molar-refractivity contribution is 9.10. The van der Waals surface area contributed by atoms with E-state index in [0.717, 1.165) is 26.2 Å². The first-order valence-electron chi connectivity index (χ1n) is 8.15. The van der Waals surface area contributed by atoms with Crippen LogP contribution in [-0.2, 0) is 17.9 Å². The molecular formula is C19H21BrN3OS+. The van der Waals surface area contributed by atoms with E-state index in [1.54, 1.807) is 16.2 Å². The van der Waals surface area contributed by atoms with Crippen molar-refractivity contribution >= 4 is 43.4 Å². The molecule has 25 heavy (non-hydrogen) atoms. The van der Waals surface area contributed by atoms with E-state index in [1.165, 1.54) is 10.5 Å². The maximum absolute atomic E-state index is 12.5. The smallest absolute Gasteiger partial charge is 0.277 e. The Labute approximate surface area is 160 Å². The summed E-state index contributed by atoms with van der Waals surface area (Å²) < 4.78 is 2.23. The Hall–Kier alpha value is -1.76. The number of fused-ring (bicyclic) bond motifs is 1. The van der Waals surface area contributed by atoms with E-state index in [1.807, 2.05) is 44.4 Å². The standard InChI is InChI=1S/C19H20BrN3OS/c1-22(11-14-7-9-15(20)10-8-14)13-19(24)23(2)12-18-21-16-5-3-4-6-17(16)25-18/h3-10H,11-13H2,1-2H3/p+1. The molecule has 1 atom stereocenters. The van der Waals surface area contributed by atoms with Crippen molar-refractivity contribution in [2.75, 3.05) is 20.6 Å². The molecule has 0 aliphatic carbocycles. The highest BCUT2D eigenvalue weighted by Gasteiger charge is 2.16.